The molecule has 1 heterocycles. The van der Waals surface area contributed by atoms with Crippen molar-refractivity contribution in [2.24, 2.45) is 0 Å². The molecule has 0 aliphatic rings. The molecule has 2 aromatic rings. The second-order valence-corrected chi connectivity index (χ2v) is 5.17. The van der Waals surface area contributed by atoms with Gasteiger partial charge in [-0.25, -0.2) is 9.18 Å². The molecule has 144 valence electrons. The second kappa shape index (κ2) is 6.36. The van der Waals surface area contributed by atoms with Crippen molar-refractivity contribution in [3.63, 3.8) is 0 Å². The molecule has 1 aromatic carbocycles. The van der Waals surface area contributed by atoms with E-state index in [1.54, 1.807) is 0 Å². The van der Waals surface area contributed by atoms with Crippen LogP contribution in [0.1, 0.15) is 5.56 Å². The Morgan fingerprint density at radius 2 is 1.62 bits per heavy atom. The number of rotatable bonds is 6. The molecule has 0 bridgehead atoms. The Balaban J connectivity index is 2.90. The first-order chi connectivity index (χ1) is 11.9. The van der Waals surface area contributed by atoms with Crippen LogP contribution in [0.5, 0.6) is 11.5 Å². The predicted molar refractivity (Wildman–Crippen MR) is 75.4 cm³/mol. The molecule has 1 aromatic heterocycles. The van der Waals surface area contributed by atoms with Crippen LogP contribution in [0.15, 0.2) is 27.4 Å². The van der Waals surface area contributed by atoms with E-state index in [9.17, 15) is 35.5 Å². The lowest BCUT2D eigenvalue weighted by molar-refractivity contribution is -0.317. The zero-order valence-corrected chi connectivity index (χ0v) is 13.2. The summed E-state index contributed by atoms with van der Waals surface area (Å²) in [6.07, 6.45) is 0. The van der Waals surface area contributed by atoms with Crippen molar-refractivity contribution >= 4 is 11.0 Å². The van der Waals surface area contributed by atoms with Crippen LogP contribution in [0.25, 0.3) is 11.0 Å². The summed E-state index contributed by atoms with van der Waals surface area (Å²) in [5.74, 6) is -18.0. The fraction of sp³-hybridized carbons (Fsp3) is 0.400. The first-order valence-electron chi connectivity index (χ1n) is 6.82. The van der Waals surface area contributed by atoms with Gasteiger partial charge < -0.3 is 13.9 Å². The SMILES string of the molecule is COc1cc(OC)c2c(C(F)(F)C(F)(F)C(F)(F)CF)cc(=O)oc2c1. The van der Waals surface area contributed by atoms with Crippen molar-refractivity contribution < 1.29 is 44.6 Å². The highest BCUT2D eigenvalue weighted by atomic mass is 19.3. The Bertz CT molecular complexity index is 876. The molecule has 0 N–H and O–H groups in total. The molecule has 2 rings (SSSR count). The summed E-state index contributed by atoms with van der Waals surface area (Å²) in [7, 11) is 2.16. The van der Waals surface area contributed by atoms with E-state index < -0.39 is 52.3 Å². The zero-order chi connectivity index (χ0) is 19.9. The van der Waals surface area contributed by atoms with Crippen LogP contribution in [0.2, 0.25) is 0 Å². The molecule has 4 nitrogen and oxygen atoms in total. The van der Waals surface area contributed by atoms with E-state index in [0.717, 1.165) is 19.2 Å². The molecule has 0 saturated carbocycles. The average molecular weight is 388 g/mol. The van der Waals surface area contributed by atoms with E-state index in [-0.39, 0.29) is 11.8 Å². The fourth-order valence-corrected chi connectivity index (χ4v) is 2.25. The maximum absolute atomic E-state index is 14.4. The third kappa shape index (κ3) is 2.84. The van der Waals surface area contributed by atoms with Crippen molar-refractivity contribution in [3.8, 4) is 11.5 Å². The van der Waals surface area contributed by atoms with Crippen molar-refractivity contribution in [3.05, 3.63) is 34.2 Å². The summed E-state index contributed by atoms with van der Waals surface area (Å²) < 4.78 is 109. The number of hydrogen-bond donors (Lipinski definition) is 0. The van der Waals surface area contributed by atoms with Gasteiger partial charge in [0.2, 0.25) is 0 Å². The molecule has 0 unspecified atom stereocenters. The van der Waals surface area contributed by atoms with Gasteiger partial charge in [-0.05, 0) is 0 Å². The lowest BCUT2D eigenvalue weighted by Crippen LogP contribution is -2.53. The van der Waals surface area contributed by atoms with Gasteiger partial charge in [0.05, 0.1) is 19.6 Å². The Morgan fingerprint density at radius 3 is 2.12 bits per heavy atom. The van der Waals surface area contributed by atoms with Gasteiger partial charge in [0.25, 0.3) is 0 Å². The van der Waals surface area contributed by atoms with Gasteiger partial charge in [0, 0.05) is 23.8 Å². The summed E-state index contributed by atoms with van der Waals surface area (Å²) in [6, 6.07) is 1.83. The zero-order valence-electron chi connectivity index (χ0n) is 13.2. The molecule has 0 amide bonds. The first-order valence-corrected chi connectivity index (χ1v) is 6.82. The van der Waals surface area contributed by atoms with Gasteiger partial charge in [-0.3, -0.25) is 0 Å². The van der Waals surface area contributed by atoms with Crippen LogP contribution in [0.3, 0.4) is 0 Å². The van der Waals surface area contributed by atoms with Crippen LogP contribution in [0.4, 0.5) is 30.7 Å². The fourth-order valence-electron chi connectivity index (χ4n) is 2.25. The molecular formula is C15H11F7O4. The standard InChI is InChI=1S/C15H11F7O4/c1-24-7-3-9(25-2)12-8(5-11(23)26-10(12)4-7)14(19,20)15(21,22)13(17,18)6-16/h3-5H,6H2,1-2H3. The maximum Gasteiger partial charge on any atom is 0.379 e. The number of ether oxygens (including phenoxy) is 2. The Hall–Kier alpha value is -2.46. The smallest absolute Gasteiger partial charge is 0.379 e. The number of benzene rings is 1. The van der Waals surface area contributed by atoms with Crippen molar-refractivity contribution in [2.75, 3.05) is 20.9 Å². The molecule has 0 aliphatic carbocycles. The van der Waals surface area contributed by atoms with Gasteiger partial charge in [0.1, 0.15) is 17.1 Å². The highest BCUT2D eigenvalue weighted by molar-refractivity contribution is 5.89. The lowest BCUT2D eigenvalue weighted by Gasteiger charge is -2.32. The van der Waals surface area contributed by atoms with Crippen LogP contribution in [0, 0.1) is 0 Å². The van der Waals surface area contributed by atoms with E-state index in [1.807, 2.05) is 0 Å². The van der Waals surface area contributed by atoms with E-state index >= 15 is 0 Å². The number of halogens is 7. The molecular weight excluding hydrogens is 377 g/mol. The van der Waals surface area contributed by atoms with Crippen LogP contribution < -0.4 is 15.1 Å². The van der Waals surface area contributed by atoms with Gasteiger partial charge in [0.15, 0.2) is 6.67 Å². The molecule has 0 aliphatic heterocycles. The van der Waals surface area contributed by atoms with E-state index in [4.69, 9.17) is 9.47 Å². The van der Waals surface area contributed by atoms with Gasteiger partial charge in [-0.2, -0.15) is 26.3 Å². The Morgan fingerprint density at radius 1 is 1.00 bits per heavy atom. The van der Waals surface area contributed by atoms with Crippen molar-refractivity contribution in [2.45, 2.75) is 17.8 Å². The summed E-state index contributed by atoms with van der Waals surface area (Å²) >= 11 is 0. The van der Waals surface area contributed by atoms with E-state index in [0.29, 0.717) is 0 Å². The Labute approximate surface area is 141 Å². The minimum absolute atomic E-state index is 0.0428. The maximum atomic E-state index is 14.4. The molecule has 0 atom stereocenters. The number of alkyl halides is 7. The van der Waals surface area contributed by atoms with Crippen LogP contribution >= 0.6 is 0 Å². The number of methoxy groups -OCH3 is 2. The highest BCUT2D eigenvalue weighted by Gasteiger charge is 2.72. The topological polar surface area (TPSA) is 48.7 Å². The Kier molecular flexibility index (Phi) is 4.86. The van der Waals surface area contributed by atoms with Crippen molar-refractivity contribution in [1.82, 2.24) is 0 Å². The first kappa shape index (κ1) is 19.9. The third-order valence-corrected chi connectivity index (χ3v) is 3.60. The average Bonchev–Trinajstić information content (AvgIpc) is 2.59. The third-order valence-electron chi connectivity index (χ3n) is 3.60. The summed E-state index contributed by atoms with van der Waals surface area (Å²) in [4.78, 5) is 11.5. The highest BCUT2D eigenvalue weighted by Crippen LogP contribution is 2.53. The van der Waals surface area contributed by atoms with Crippen LogP contribution in [-0.4, -0.2) is 32.7 Å². The minimum Gasteiger partial charge on any atom is -0.496 e. The lowest BCUT2D eigenvalue weighted by atomic mass is 9.95. The molecule has 0 fully saturated rings. The predicted octanol–water partition coefficient (Wildman–Crippen LogP) is 4.14. The number of hydrogen-bond acceptors (Lipinski definition) is 4. The van der Waals surface area contributed by atoms with E-state index in [1.165, 1.54) is 7.11 Å². The molecule has 0 radical (unpaired) electrons. The summed E-state index contributed by atoms with van der Waals surface area (Å²) in [6.45, 7) is -3.03. The monoisotopic (exact) mass is 388 g/mol. The second-order valence-electron chi connectivity index (χ2n) is 5.17. The normalized spacial score (nSPS) is 13.1. The molecule has 11 heteroatoms. The number of fused-ring (bicyclic) bond motifs is 1. The molecule has 26 heavy (non-hydrogen) atoms. The minimum atomic E-state index is -6.14. The van der Waals surface area contributed by atoms with Gasteiger partial charge >= 0.3 is 23.4 Å². The van der Waals surface area contributed by atoms with Crippen molar-refractivity contribution in [1.29, 1.82) is 0 Å². The van der Waals surface area contributed by atoms with Gasteiger partial charge in [-0.1, -0.05) is 0 Å². The van der Waals surface area contributed by atoms with Gasteiger partial charge in [-0.15, -0.1) is 0 Å². The molecule has 0 spiro atoms. The van der Waals surface area contributed by atoms with E-state index in [2.05, 4.69) is 4.42 Å². The largest absolute Gasteiger partial charge is 0.496 e. The molecule has 0 saturated heterocycles. The summed E-state index contributed by atoms with van der Waals surface area (Å²) in [5.41, 5.74) is -3.97. The summed E-state index contributed by atoms with van der Waals surface area (Å²) in [5, 5.41) is -0.854. The van der Waals surface area contributed by atoms with Crippen LogP contribution in [-0.2, 0) is 5.92 Å². The quantitative estimate of drug-likeness (QED) is 0.551.